The Labute approximate surface area is 140 Å². The second-order valence-corrected chi connectivity index (χ2v) is 6.07. The summed E-state index contributed by atoms with van der Waals surface area (Å²) in [7, 11) is 1.65. The molecule has 0 saturated carbocycles. The SMILES string of the molecule is COc1ccc(C2NC(=O)N=C3c4ccccc4OCC32)cc1C. The fourth-order valence-electron chi connectivity index (χ4n) is 3.45. The van der Waals surface area contributed by atoms with Crippen molar-refractivity contribution in [2.75, 3.05) is 13.7 Å². The number of nitrogens with zero attached hydrogens (tertiary/aromatic N) is 1. The Morgan fingerprint density at radius 2 is 2.08 bits per heavy atom. The molecule has 0 radical (unpaired) electrons. The zero-order valence-electron chi connectivity index (χ0n) is 13.6. The van der Waals surface area contributed by atoms with Crippen molar-refractivity contribution in [1.82, 2.24) is 5.32 Å². The molecule has 0 bridgehead atoms. The van der Waals surface area contributed by atoms with E-state index in [1.54, 1.807) is 7.11 Å². The molecule has 5 nitrogen and oxygen atoms in total. The smallest absolute Gasteiger partial charge is 0.341 e. The molecule has 2 aliphatic rings. The number of nitrogens with one attached hydrogen (secondary N) is 1. The van der Waals surface area contributed by atoms with Crippen LogP contribution in [-0.4, -0.2) is 25.5 Å². The molecule has 0 fully saturated rings. The lowest BCUT2D eigenvalue weighted by atomic mass is 9.83. The Kier molecular flexibility index (Phi) is 3.49. The first kappa shape index (κ1) is 14.8. The van der Waals surface area contributed by atoms with Gasteiger partial charge in [-0.2, -0.15) is 4.99 Å². The number of hydrogen-bond donors (Lipinski definition) is 1. The number of amides is 2. The van der Waals surface area contributed by atoms with Gasteiger partial charge in [0.2, 0.25) is 0 Å². The molecule has 122 valence electrons. The lowest BCUT2D eigenvalue weighted by Gasteiger charge is -2.36. The normalized spacial score (nSPS) is 21.8. The fourth-order valence-corrected chi connectivity index (χ4v) is 3.45. The molecule has 2 amide bonds. The van der Waals surface area contributed by atoms with Gasteiger partial charge in [0.05, 0.1) is 31.4 Å². The molecule has 2 unspecified atom stereocenters. The van der Waals surface area contributed by atoms with Crippen LogP contribution in [0, 0.1) is 12.8 Å². The zero-order valence-corrected chi connectivity index (χ0v) is 13.6. The van der Waals surface area contributed by atoms with Crippen LogP contribution in [-0.2, 0) is 0 Å². The van der Waals surface area contributed by atoms with Crippen molar-refractivity contribution in [2.24, 2.45) is 10.9 Å². The average Bonchev–Trinajstić information content (AvgIpc) is 2.61. The molecule has 2 aliphatic heterocycles. The van der Waals surface area contributed by atoms with Crippen LogP contribution in [0.4, 0.5) is 4.79 Å². The first-order valence-electron chi connectivity index (χ1n) is 7.93. The van der Waals surface area contributed by atoms with Gasteiger partial charge in [0.1, 0.15) is 11.5 Å². The van der Waals surface area contributed by atoms with Gasteiger partial charge >= 0.3 is 6.03 Å². The van der Waals surface area contributed by atoms with Gasteiger partial charge < -0.3 is 14.8 Å². The number of aliphatic imine (C=N–C) groups is 1. The molecule has 2 aromatic carbocycles. The van der Waals surface area contributed by atoms with Crippen LogP contribution in [0.3, 0.4) is 0 Å². The van der Waals surface area contributed by atoms with Crippen LogP contribution in [0.25, 0.3) is 0 Å². The summed E-state index contributed by atoms with van der Waals surface area (Å²) in [5, 5.41) is 2.98. The second-order valence-electron chi connectivity index (χ2n) is 6.07. The van der Waals surface area contributed by atoms with Crippen LogP contribution in [0.5, 0.6) is 11.5 Å². The van der Waals surface area contributed by atoms with Crippen molar-refractivity contribution < 1.29 is 14.3 Å². The van der Waals surface area contributed by atoms with Gasteiger partial charge in [-0.15, -0.1) is 0 Å². The first-order chi connectivity index (χ1) is 11.7. The third kappa shape index (κ3) is 2.33. The summed E-state index contributed by atoms with van der Waals surface area (Å²) in [4.78, 5) is 16.4. The van der Waals surface area contributed by atoms with E-state index in [1.165, 1.54) is 0 Å². The van der Waals surface area contributed by atoms with Crippen LogP contribution >= 0.6 is 0 Å². The van der Waals surface area contributed by atoms with Crippen molar-refractivity contribution in [3.63, 3.8) is 0 Å². The summed E-state index contributed by atoms with van der Waals surface area (Å²) in [6.45, 7) is 2.49. The number of ether oxygens (including phenoxy) is 2. The number of methoxy groups -OCH3 is 1. The monoisotopic (exact) mass is 322 g/mol. The molecule has 0 saturated heterocycles. The third-order valence-corrected chi connectivity index (χ3v) is 4.61. The van der Waals surface area contributed by atoms with E-state index in [4.69, 9.17) is 9.47 Å². The highest BCUT2D eigenvalue weighted by Crippen LogP contribution is 2.37. The standard InChI is InChI=1S/C19H18N2O3/c1-11-9-12(7-8-15(11)23-2)17-14-10-24-16-6-4-3-5-13(16)18(14)21-19(22)20-17/h3-9,14,17H,10H2,1-2H3,(H,20,22). The number of urea groups is 1. The Bertz CT molecular complexity index is 844. The van der Waals surface area contributed by atoms with Crippen molar-refractivity contribution in [2.45, 2.75) is 13.0 Å². The molecule has 2 heterocycles. The highest BCUT2D eigenvalue weighted by molar-refractivity contribution is 6.11. The van der Waals surface area contributed by atoms with Crippen LogP contribution < -0.4 is 14.8 Å². The largest absolute Gasteiger partial charge is 0.496 e. The summed E-state index contributed by atoms with van der Waals surface area (Å²) >= 11 is 0. The molecule has 5 heteroatoms. The van der Waals surface area contributed by atoms with E-state index < -0.39 is 0 Å². The van der Waals surface area contributed by atoms with Crippen molar-refractivity contribution >= 4 is 11.7 Å². The number of aryl methyl sites for hydroxylation is 1. The van der Waals surface area contributed by atoms with Crippen molar-refractivity contribution in [3.8, 4) is 11.5 Å². The average molecular weight is 322 g/mol. The predicted molar refractivity (Wildman–Crippen MR) is 91.0 cm³/mol. The van der Waals surface area contributed by atoms with E-state index in [0.29, 0.717) is 6.61 Å². The fraction of sp³-hybridized carbons (Fsp3) is 0.263. The van der Waals surface area contributed by atoms with E-state index >= 15 is 0 Å². The molecule has 4 rings (SSSR count). The first-order valence-corrected chi connectivity index (χ1v) is 7.93. The van der Waals surface area contributed by atoms with E-state index in [0.717, 1.165) is 33.9 Å². The van der Waals surface area contributed by atoms with Crippen LogP contribution in [0.15, 0.2) is 47.5 Å². The number of fused-ring (bicyclic) bond motifs is 3. The van der Waals surface area contributed by atoms with Crippen LogP contribution in [0.1, 0.15) is 22.7 Å². The van der Waals surface area contributed by atoms with Gasteiger partial charge in [0.25, 0.3) is 0 Å². The Morgan fingerprint density at radius 1 is 1.25 bits per heavy atom. The van der Waals surface area contributed by atoms with Gasteiger partial charge in [-0.05, 0) is 36.2 Å². The molecule has 0 aliphatic carbocycles. The van der Waals surface area contributed by atoms with E-state index in [-0.39, 0.29) is 18.0 Å². The summed E-state index contributed by atoms with van der Waals surface area (Å²) in [6, 6.07) is 13.2. The van der Waals surface area contributed by atoms with Gasteiger partial charge in [-0.3, -0.25) is 0 Å². The minimum atomic E-state index is -0.309. The quantitative estimate of drug-likeness (QED) is 0.923. The number of benzene rings is 2. The lowest BCUT2D eigenvalue weighted by molar-refractivity contribution is 0.217. The number of para-hydroxylation sites is 1. The molecule has 0 spiro atoms. The predicted octanol–water partition coefficient (Wildman–Crippen LogP) is 3.27. The minimum absolute atomic E-state index is 0.00889. The molecule has 2 aromatic rings. The maximum Gasteiger partial charge on any atom is 0.341 e. The van der Waals surface area contributed by atoms with Gasteiger partial charge in [-0.1, -0.05) is 24.3 Å². The topological polar surface area (TPSA) is 59.9 Å². The Morgan fingerprint density at radius 3 is 2.88 bits per heavy atom. The van der Waals surface area contributed by atoms with E-state index in [2.05, 4.69) is 10.3 Å². The third-order valence-electron chi connectivity index (χ3n) is 4.61. The number of hydrogen-bond acceptors (Lipinski definition) is 3. The molecule has 0 aromatic heterocycles. The Hall–Kier alpha value is -2.82. The molecule has 1 N–H and O–H groups in total. The van der Waals surface area contributed by atoms with Crippen LogP contribution in [0.2, 0.25) is 0 Å². The number of carbonyl (C=O) groups excluding carboxylic acids is 1. The zero-order chi connectivity index (χ0) is 16.7. The van der Waals surface area contributed by atoms with Gasteiger partial charge in [-0.25, -0.2) is 4.79 Å². The van der Waals surface area contributed by atoms with Crippen molar-refractivity contribution in [1.29, 1.82) is 0 Å². The maximum atomic E-state index is 12.2. The maximum absolute atomic E-state index is 12.2. The van der Waals surface area contributed by atoms with E-state index in [9.17, 15) is 4.79 Å². The summed E-state index contributed by atoms with van der Waals surface area (Å²) in [6.07, 6.45) is 0. The summed E-state index contributed by atoms with van der Waals surface area (Å²) in [5.74, 6) is 1.61. The molecule has 24 heavy (non-hydrogen) atoms. The summed E-state index contributed by atoms with van der Waals surface area (Å²) < 4.78 is 11.2. The summed E-state index contributed by atoms with van der Waals surface area (Å²) in [5.41, 5.74) is 3.77. The second kappa shape index (κ2) is 5.67. The highest BCUT2D eigenvalue weighted by atomic mass is 16.5. The van der Waals surface area contributed by atoms with Gasteiger partial charge in [0.15, 0.2) is 0 Å². The minimum Gasteiger partial charge on any atom is -0.496 e. The molecule has 2 atom stereocenters. The highest BCUT2D eigenvalue weighted by Gasteiger charge is 2.38. The van der Waals surface area contributed by atoms with Crippen molar-refractivity contribution in [3.05, 3.63) is 59.2 Å². The van der Waals surface area contributed by atoms with E-state index in [1.807, 2.05) is 49.4 Å². The number of rotatable bonds is 2. The van der Waals surface area contributed by atoms with Gasteiger partial charge in [0, 0.05) is 5.56 Å². The Balaban J connectivity index is 1.76. The molecular formula is C19H18N2O3. The lowest BCUT2D eigenvalue weighted by Crippen LogP contribution is -2.45. The molecular weight excluding hydrogens is 304 g/mol. The number of carbonyl (C=O) groups is 1.